The summed E-state index contributed by atoms with van der Waals surface area (Å²) in [6.07, 6.45) is 1.65. The molecular formula is C17H15BrClFN2O3S. The van der Waals surface area contributed by atoms with Crippen LogP contribution in [0.25, 0.3) is 0 Å². The van der Waals surface area contributed by atoms with Crippen LogP contribution in [0.5, 0.6) is 0 Å². The van der Waals surface area contributed by atoms with Gasteiger partial charge in [0.05, 0.1) is 15.5 Å². The van der Waals surface area contributed by atoms with Crippen molar-refractivity contribution < 1.29 is 17.6 Å². The monoisotopic (exact) mass is 460 g/mol. The first-order valence-electron chi connectivity index (χ1n) is 7.85. The zero-order chi connectivity index (χ0) is 18.9. The van der Waals surface area contributed by atoms with Crippen LogP contribution in [0.4, 0.5) is 10.1 Å². The lowest BCUT2D eigenvalue weighted by atomic mass is 10.2. The standard InChI is InChI=1S/C17H15BrClFN2O3S/c18-14-5-4-12(26(24,25)22-7-1-2-8-22)10-13(14)17(23)21-11-3-6-15(19)16(20)9-11/h3-6,9-10H,1-2,7-8H2,(H,21,23). The SMILES string of the molecule is O=C(Nc1ccc(Cl)c(F)c1)c1cc(S(=O)(=O)N2CCCC2)ccc1Br. The molecular weight excluding hydrogens is 447 g/mol. The van der Waals surface area contributed by atoms with Crippen LogP contribution in [-0.4, -0.2) is 31.7 Å². The van der Waals surface area contributed by atoms with E-state index in [-0.39, 0.29) is 21.2 Å². The van der Waals surface area contributed by atoms with E-state index in [0.29, 0.717) is 17.6 Å². The van der Waals surface area contributed by atoms with Gasteiger partial charge in [-0.3, -0.25) is 4.79 Å². The molecule has 5 nitrogen and oxygen atoms in total. The summed E-state index contributed by atoms with van der Waals surface area (Å²) in [5.41, 5.74) is 0.359. The van der Waals surface area contributed by atoms with Crippen molar-refractivity contribution in [2.45, 2.75) is 17.7 Å². The normalized spacial score (nSPS) is 15.2. The van der Waals surface area contributed by atoms with Crippen molar-refractivity contribution in [1.29, 1.82) is 0 Å². The number of nitrogens with zero attached hydrogens (tertiary/aromatic N) is 1. The van der Waals surface area contributed by atoms with Crippen molar-refractivity contribution >= 4 is 49.1 Å². The maximum atomic E-state index is 13.5. The van der Waals surface area contributed by atoms with Gasteiger partial charge >= 0.3 is 0 Å². The van der Waals surface area contributed by atoms with Crippen LogP contribution in [0.3, 0.4) is 0 Å². The fourth-order valence-electron chi connectivity index (χ4n) is 2.69. The van der Waals surface area contributed by atoms with Gasteiger partial charge in [-0.05, 0) is 65.2 Å². The second-order valence-corrected chi connectivity index (χ2v) is 9.04. The summed E-state index contributed by atoms with van der Waals surface area (Å²) in [5.74, 6) is -1.22. The minimum absolute atomic E-state index is 0.0510. The molecule has 26 heavy (non-hydrogen) atoms. The number of carbonyl (C=O) groups excluding carboxylic acids is 1. The number of hydrogen-bond acceptors (Lipinski definition) is 3. The molecule has 0 bridgehead atoms. The second-order valence-electron chi connectivity index (χ2n) is 5.84. The van der Waals surface area contributed by atoms with Crippen molar-refractivity contribution in [3.8, 4) is 0 Å². The molecule has 0 aromatic heterocycles. The zero-order valence-electron chi connectivity index (χ0n) is 13.5. The van der Waals surface area contributed by atoms with E-state index in [2.05, 4.69) is 21.2 Å². The number of benzene rings is 2. The molecule has 9 heteroatoms. The van der Waals surface area contributed by atoms with Gasteiger partial charge in [0, 0.05) is 23.2 Å². The Balaban J connectivity index is 1.89. The molecule has 0 aliphatic carbocycles. The first-order chi connectivity index (χ1) is 12.3. The Morgan fingerprint density at radius 1 is 1.15 bits per heavy atom. The zero-order valence-corrected chi connectivity index (χ0v) is 16.7. The number of amides is 1. The summed E-state index contributed by atoms with van der Waals surface area (Å²) in [4.78, 5) is 12.6. The average Bonchev–Trinajstić information content (AvgIpc) is 3.13. The summed E-state index contributed by atoms with van der Waals surface area (Å²) in [5, 5.41) is 2.49. The van der Waals surface area contributed by atoms with Crippen molar-refractivity contribution in [2.24, 2.45) is 0 Å². The molecule has 1 amide bonds. The van der Waals surface area contributed by atoms with Crippen LogP contribution >= 0.6 is 27.5 Å². The first-order valence-corrected chi connectivity index (χ1v) is 10.5. The van der Waals surface area contributed by atoms with Gasteiger partial charge in [-0.2, -0.15) is 4.31 Å². The van der Waals surface area contributed by atoms with Crippen molar-refractivity contribution in [2.75, 3.05) is 18.4 Å². The lowest BCUT2D eigenvalue weighted by Crippen LogP contribution is -2.28. The highest BCUT2D eigenvalue weighted by Gasteiger charge is 2.28. The molecule has 2 aromatic rings. The largest absolute Gasteiger partial charge is 0.322 e. The van der Waals surface area contributed by atoms with E-state index < -0.39 is 21.7 Å². The summed E-state index contributed by atoms with van der Waals surface area (Å²) in [6, 6.07) is 8.17. The van der Waals surface area contributed by atoms with Gasteiger partial charge in [0.15, 0.2) is 0 Å². The van der Waals surface area contributed by atoms with E-state index in [0.717, 1.165) is 18.9 Å². The lowest BCUT2D eigenvalue weighted by molar-refractivity contribution is 0.102. The van der Waals surface area contributed by atoms with Crippen LogP contribution in [0.15, 0.2) is 45.8 Å². The Kier molecular flexibility index (Phi) is 5.67. The molecule has 0 saturated carbocycles. The van der Waals surface area contributed by atoms with E-state index >= 15 is 0 Å². The number of rotatable bonds is 4. The predicted molar refractivity (Wildman–Crippen MR) is 101 cm³/mol. The molecule has 0 unspecified atom stereocenters. The quantitative estimate of drug-likeness (QED) is 0.739. The third-order valence-electron chi connectivity index (χ3n) is 4.06. The minimum atomic E-state index is -3.64. The van der Waals surface area contributed by atoms with Crippen LogP contribution in [0, 0.1) is 5.82 Å². The van der Waals surface area contributed by atoms with Gasteiger partial charge < -0.3 is 5.32 Å². The maximum Gasteiger partial charge on any atom is 0.256 e. The molecule has 3 rings (SSSR count). The topological polar surface area (TPSA) is 66.5 Å². The van der Waals surface area contributed by atoms with Crippen LogP contribution < -0.4 is 5.32 Å². The summed E-state index contributed by atoms with van der Waals surface area (Å²) in [6.45, 7) is 0.952. The molecule has 1 aliphatic heterocycles. The molecule has 2 aromatic carbocycles. The Bertz CT molecular complexity index is 962. The second kappa shape index (κ2) is 7.64. The van der Waals surface area contributed by atoms with Crippen LogP contribution in [-0.2, 0) is 10.0 Å². The molecule has 1 fully saturated rings. The maximum absolute atomic E-state index is 13.5. The summed E-state index contributed by atoms with van der Waals surface area (Å²) < 4.78 is 40.7. The number of nitrogens with one attached hydrogen (secondary N) is 1. The average molecular weight is 462 g/mol. The highest BCUT2D eigenvalue weighted by molar-refractivity contribution is 9.10. The van der Waals surface area contributed by atoms with Gasteiger partial charge in [0.25, 0.3) is 5.91 Å². The molecule has 0 radical (unpaired) electrons. The fourth-order valence-corrected chi connectivity index (χ4v) is 4.78. The van der Waals surface area contributed by atoms with E-state index in [9.17, 15) is 17.6 Å². The lowest BCUT2D eigenvalue weighted by Gasteiger charge is -2.16. The molecule has 138 valence electrons. The molecule has 0 atom stereocenters. The van der Waals surface area contributed by atoms with Crippen LogP contribution in [0.2, 0.25) is 5.02 Å². The number of anilines is 1. The number of sulfonamides is 1. The van der Waals surface area contributed by atoms with Gasteiger partial charge in [0.2, 0.25) is 10.0 Å². The minimum Gasteiger partial charge on any atom is -0.322 e. The molecule has 1 N–H and O–H groups in total. The Labute approximate surface area is 164 Å². The Hall–Kier alpha value is -1.48. The molecule has 0 spiro atoms. The number of hydrogen-bond donors (Lipinski definition) is 1. The number of carbonyl (C=O) groups is 1. The van der Waals surface area contributed by atoms with E-state index in [1.807, 2.05) is 0 Å². The third-order valence-corrected chi connectivity index (χ3v) is 6.96. The highest BCUT2D eigenvalue weighted by Crippen LogP contribution is 2.27. The smallest absolute Gasteiger partial charge is 0.256 e. The molecule has 1 heterocycles. The number of halogens is 3. The molecule has 1 aliphatic rings. The van der Waals surface area contributed by atoms with Gasteiger partial charge in [-0.25, -0.2) is 12.8 Å². The van der Waals surface area contributed by atoms with Crippen molar-refractivity contribution in [3.63, 3.8) is 0 Å². The van der Waals surface area contributed by atoms with E-state index in [4.69, 9.17) is 11.6 Å². The Morgan fingerprint density at radius 2 is 1.85 bits per heavy atom. The highest BCUT2D eigenvalue weighted by atomic mass is 79.9. The van der Waals surface area contributed by atoms with Gasteiger partial charge in [0.1, 0.15) is 5.82 Å². The third kappa shape index (κ3) is 3.93. The summed E-state index contributed by atoms with van der Waals surface area (Å²) >= 11 is 8.88. The van der Waals surface area contributed by atoms with Crippen LogP contribution in [0.1, 0.15) is 23.2 Å². The first kappa shape index (κ1) is 19.3. The van der Waals surface area contributed by atoms with Gasteiger partial charge in [-0.1, -0.05) is 11.6 Å². The van der Waals surface area contributed by atoms with E-state index in [1.54, 1.807) is 0 Å². The molecule has 1 saturated heterocycles. The van der Waals surface area contributed by atoms with Gasteiger partial charge in [-0.15, -0.1) is 0 Å². The van der Waals surface area contributed by atoms with Crippen molar-refractivity contribution in [3.05, 3.63) is 57.3 Å². The summed E-state index contributed by atoms with van der Waals surface area (Å²) in [7, 11) is -3.64. The van der Waals surface area contributed by atoms with E-state index in [1.165, 1.54) is 34.6 Å². The fraction of sp³-hybridized carbons (Fsp3) is 0.235. The Morgan fingerprint density at radius 3 is 2.50 bits per heavy atom. The van der Waals surface area contributed by atoms with Crippen molar-refractivity contribution in [1.82, 2.24) is 4.31 Å². The predicted octanol–water partition coefficient (Wildman–Crippen LogP) is 4.28.